The Morgan fingerprint density at radius 1 is 1.42 bits per heavy atom. The van der Waals surface area contributed by atoms with E-state index in [2.05, 4.69) is 11.4 Å². The van der Waals surface area contributed by atoms with E-state index in [1.54, 1.807) is 0 Å². The minimum absolute atomic E-state index is 0.0694. The van der Waals surface area contributed by atoms with Crippen molar-refractivity contribution in [3.8, 4) is 6.07 Å². The molecule has 3 heteroatoms. The highest BCUT2D eigenvalue weighted by Gasteiger charge is 2.31. The van der Waals surface area contributed by atoms with Gasteiger partial charge in [-0.25, -0.2) is 0 Å². The summed E-state index contributed by atoms with van der Waals surface area (Å²) in [6.45, 7) is 0.829. The Morgan fingerprint density at radius 3 is 2.75 bits per heavy atom. The fourth-order valence-electron chi connectivity index (χ4n) is 1.60. The molecule has 12 heavy (non-hydrogen) atoms. The average molecular weight is 166 g/mol. The molecule has 2 rings (SSSR count). The molecule has 0 radical (unpaired) electrons. The van der Waals surface area contributed by atoms with E-state index in [1.807, 2.05) is 0 Å². The number of ether oxygens (including phenoxy) is 1. The van der Waals surface area contributed by atoms with Crippen molar-refractivity contribution in [3.05, 3.63) is 0 Å². The molecule has 1 saturated heterocycles. The maximum absolute atomic E-state index is 8.87. The zero-order valence-electron chi connectivity index (χ0n) is 7.12. The predicted octanol–water partition coefficient (Wildman–Crippen LogP) is 0.810. The molecular formula is C9H14N2O. The van der Waals surface area contributed by atoms with Gasteiger partial charge in [0.15, 0.2) is 0 Å². The van der Waals surface area contributed by atoms with Crippen LogP contribution in [0.4, 0.5) is 0 Å². The largest absolute Gasteiger partial charge is 0.375 e. The van der Waals surface area contributed by atoms with Gasteiger partial charge in [-0.05, 0) is 25.7 Å². The van der Waals surface area contributed by atoms with E-state index in [4.69, 9.17) is 10.00 Å². The van der Waals surface area contributed by atoms with Gasteiger partial charge in [0.05, 0.1) is 12.2 Å². The molecule has 0 aromatic carbocycles. The van der Waals surface area contributed by atoms with Gasteiger partial charge in [0.2, 0.25) is 0 Å². The monoisotopic (exact) mass is 166 g/mol. The normalized spacial score (nSPS) is 31.4. The second-order valence-electron chi connectivity index (χ2n) is 3.60. The maximum Gasteiger partial charge on any atom is 0.122 e. The molecule has 0 aromatic rings. The van der Waals surface area contributed by atoms with Gasteiger partial charge >= 0.3 is 0 Å². The van der Waals surface area contributed by atoms with Crippen LogP contribution in [0.5, 0.6) is 0 Å². The van der Waals surface area contributed by atoms with Crippen molar-refractivity contribution in [1.29, 1.82) is 5.26 Å². The van der Waals surface area contributed by atoms with Crippen LogP contribution >= 0.6 is 0 Å². The van der Waals surface area contributed by atoms with Gasteiger partial charge in [0.1, 0.15) is 6.04 Å². The first-order valence-corrected chi connectivity index (χ1v) is 4.67. The van der Waals surface area contributed by atoms with Gasteiger partial charge in [-0.1, -0.05) is 0 Å². The average Bonchev–Trinajstić information content (AvgIpc) is 2.74. The van der Waals surface area contributed by atoms with Gasteiger partial charge in [0.25, 0.3) is 0 Å². The summed E-state index contributed by atoms with van der Waals surface area (Å²) in [5, 5.41) is 12.2. The highest BCUT2D eigenvalue weighted by molar-refractivity contribution is 5.01. The predicted molar refractivity (Wildman–Crippen MR) is 44.5 cm³/mol. The summed E-state index contributed by atoms with van der Waals surface area (Å²) in [6.07, 6.45) is 4.75. The minimum Gasteiger partial charge on any atom is -0.375 e. The third-order valence-corrected chi connectivity index (χ3v) is 2.47. The number of nitriles is 1. The van der Waals surface area contributed by atoms with E-state index in [0.29, 0.717) is 6.04 Å². The Hall–Kier alpha value is -0.590. The summed E-state index contributed by atoms with van der Waals surface area (Å²) < 4.78 is 5.45. The number of nitrogens with one attached hydrogen (secondary N) is 1. The van der Waals surface area contributed by atoms with Crippen LogP contribution in [0.1, 0.15) is 25.7 Å². The number of hydrogen-bond acceptors (Lipinski definition) is 3. The van der Waals surface area contributed by atoms with Crippen LogP contribution in [0.25, 0.3) is 0 Å². The van der Waals surface area contributed by atoms with Gasteiger partial charge in [-0.15, -0.1) is 0 Å². The highest BCUT2D eigenvalue weighted by Crippen LogP contribution is 2.22. The Bertz CT molecular complexity index is 189. The molecular weight excluding hydrogens is 152 g/mol. The smallest absolute Gasteiger partial charge is 0.122 e. The van der Waals surface area contributed by atoms with E-state index in [1.165, 1.54) is 12.8 Å². The first-order valence-electron chi connectivity index (χ1n) is 4.67. The molecule has 0 aromatic heterocycles. The van der Waals surface area contributed by atoms with Crippen LogP contribution in [0.3, 0.4) is 0 Å². The SMILES string of the molecule is N#CC(NC1CC1)C1CCCO1. The number of nitrogens with zero attached hydrogens (tertiary/aromatic N) is 1. The van der Waals surface area contributed by atoms with E-state index >= 15 is 0 Å². The van der Waals surface area contributed by atoms with Crippen molar-refractivity contribution >= 4 is 0 Å². The molecule has 2 unspecified atom stereocenters. The van der Waals surface area contributed by atoms with Gasteiger partial charge in [0, 0.05) is 12.6 Å². The van der Waals surface area contributed by atoms with Gasteiger partial charge < -0.3 is 4.74 Å². The Morgan fingerprint density at radius 2 is 2.25 bits per heavy atom. The van der Waals surface area contributed by atoms with Crippen molar-refractivity contribution in [2.75, 3.05) is 6.61 Å². The molecule has 3 nitrogen and oxygen atoms in total. The molecule has 0 bridgehead atoms. The van der Waals surface area contributed by atoms with Crippen LogP contribution in [0.2, 0.25) is 0 Å². The molecule has 2 aliphatic rings. The van der Waals surface area contributed by atoms with Crippen molar-refractivity contribution in [3.63, 3.8) is 0 Å². The van der Waals surface area contributed by atoms with Crippen LogP contribution in [0, 0.1) is 11.3 Å². The molecule has 2 atom stereocenters. The highest BCUT2D eigenvalue weighted by atomic mass is 16.5. The third kappa shape index (κ3) is 1.77. The molecule has 66 valence electrons. The fourth-order valence-corrected chi connectivity index (χ4v) is 1.60. The molecule has 0 spiro atoms. The Kier molecular flexibility index (Phi) is 2.29. The molecule has 1 N–H and O–H groups in total. The van der Waals surface area contributed by atoms with Crippen LogP contribution < -0.4 is 5.32 Å². The summed E-state index contributed by atoms with van der Waals surface area (Å²) in [5.41, 5.74) is 0. The van der Waals surface area contributed by atoms with E-state index in [0.717, 1.165) is 19.4 Å². The van der Waals surface area contributed by atoms with Crippen LogP contribution in [-0.2, 0) is 4.74 Å². The van der Waals surface area contributed by atoms with E-state index in [9.17, 15) is 0 Å². The second-order valence-corrected chi connectivity index (χ2v) is 3.60. The van der Waals surface area contributed by atoms with Crippen molar-refractivity contribution in [2.45, 2.75) is 43.9 Å². The Labute approximate surface area is 72.7 Å². The molecule has 1 aliphatic carbocycles. The quantitative estimate of drug-likeness (QED) is 0.674. The minimum atomic E-state index is -0.0694. The lowest BCUT2D eigenvalue weighted by Gasteiger charge is -2.16. The maximum atomic E-state index is 8.87. The number of hydrogen-bond donors (Lipinski definition) is 1. The zero-order valence-corrected chi connectivity index (χ0v) is 7.12. The second kappa shape index (κ2) is 3.42. The third-order valence-electron chi connectivity index (χ3n) is 2.47. The first kappa shape index (κ1) is 8.03. The topological polar surface area (TPSA) is 45.0 Å². The summed E-state index contributed by atoms with van der Waals surface area (Å²) in [7, 11) is 0. The lowest BCUT2D eigenvalue weighted by atomic mass is 10.1. The summed E-state index contributed by atoms with van der Waals surface area (Å²) >= 11 is 0. The standard InChI is InChI=1S/C9H14N2O/c10-6-8(11-7-3-4-7)9-2-1-5-12-9/h7-9,11H,1-5H2. The van der Waals surface area contributed by atoms with Crippen LogP contribution in [-0.4, -0.2) is 24.8 Å². The number of rotatable bonds is 3. The fraction of sp³-hybridized carbons (Fsp3) is 0.889. The molecule has 1 aliphatic heterocycles. The van der Waals surface area contributed by atoms with Crippen molar-refractivity contribution < 1.29 is 4.74 Å². The summed E-state index contributed by atoms with van der Waals surface area (Å²) in [6, 6.07) is 2.81. The molecule has 2 fully saturated rings. The summed E-state index contributed by atoms with van der Waals surface area (Å²) in [5.74, 6) is 0. The lowest BCUT2D eigenvalue weighted by molar-refractivity contribution is 0.0928. The van der Waals surface area contributed by atoms with Crippen molar-refractivity contribution in [1.82, 2.24) is 5.32 Å². The van der Waals surface area contributed by atoms with Crippen LogP contribution in [0.15, 0.2) is 0 Å². The first-order chi connectivity index (χ1) is 5.90. The van der Waals surface area contributed by atoms with Gasteiger partial charge in [-0.2, -0.15) is 5.26 Å². The zero-order chi connectivity index (χ0) is 8.39. The van der Waals surface area contributed by atoms with E-state index in [-0.39, 0.29) is 12.1 Å². The molecule has 0 amide bonds. The lowest BCUT2D eigenvalue weighted by Crippen LogP contribution is -2.39. The molecule has 1 saturated carbocycles. The summed E-state index contributed by atoms with van der Waals surface area (Å²) in [4.78, 5) is 0. The Balaban J connectivity index is 1.83. The molecule has 1 heterocycles. The van der Waals surface area contributed by atoms with Gasteiger partial charge in [-0.3, -0.25) is 5.32 Å². The van der Waals surface area contributed by atoms with E-state index < -0.39 is 0 Å². The van der Waals surface area contributed by atoms with Crippen molar-refractivity contribution in [2.24, 2.45) is 0 Å².